The third-order valence-electron chi connectivity index (χ3n) is 5.58. The molecule has 33 heavy (non-hydrogen) atoms. The molecule has 0 radical (unpaired) electrons. The van der Waals surface area contributed by atoms with Gasteiger partial charge in [-0.3, -0.25) is 4.79 Å². The largest absolute Gasteiger partial charge is 0.337 e. The molecule has 1 aliphatic heterocycles. The number of anilines is 1. The van der Waals surface area contributed by atoms with Crippen LogP contribution in [0.15, 0.2) is 57.9 Å². The molecule has 0 spiro atoms. The Morgan fingerprint density at radius 1 is 1.15 bits per heavy atom. The standard InChI is InChI=1S/C24H28N4O4S/c1-16(2)15-22(29)25-19-10-12-20(13-11-19)33(30,31)28-14-4-5-21(28)24-26-23(27-32-24)18-8-6-17(3)7-9-18/h6-13,16,21H,4-5,14-15H2,1-3H3,(H,25,29). The molecule has 1 atom stereocenters. The van der Waals surface area contributed by atoms with Crippen LogP contribution in [0.2, 0.25) is 0 Å². The molecule has 1 saturated heterocycles. The number of aryl methyl sites for hydroxylation is 1. The van der Waals surface area contributed by atoms with Gasteiger partial charge in [-0.15, -0.1) is 0 Å². The zero-order valence-electron chi connectivity index (χ0n) is 19.0. The lowest BCUT2D eigenvalue weighted by Gasteiger charge is -2.21. The molecule has 2 heterocycles. The third kappa shape index (κ3) is 5.15. The first-order chi connectivity index (χ1) is 15.7. The molecular weight excluding hydrogens is 440 g/mol. The van der Waals surface area contributed by atoms with Crippen molar-refractivity contribution in [2.24, 2.45) is 5.92 Å². The summed E-state index contributed by atoms with van der Waals surface area (Å²) in [7, 11) is -3.77. The number of nitrogens with one attached hydrogen (secondary N) is 1. The number of rotatable bonds is 7. The van der Waals surface area contributed by atoms with E-state index in [9.17, 15) is 13.2 Å². The lowest BCUT2D eigenvalue weighted by atomic mass is 10.1. The summed E-state index contributed by atoms with van der Waals surface area (Å²) in [5, 5.41) is 6.86. The monoisotopic (exact) mass is 468 g/mol. The Bertz CT molecular complexity index is 1220. The number of hydrogen-bond acceptors (Lipinski definition) is 6. The molecule has 2 aromatic carbocycles. The lowest BCUT2D eigenvalue weighted by molar-refractivity contribution is -0.116. The van der Waals surface area contributed by atoms with Crippen molar-refractivity contribution in [2.75, 3.05) is 11.9 Å². The molecule has 1 aromatic heterocycles. The van der Waals surface area contributed by atoms with Crippen LogP contribution in [0.25, 0.3) is 11.4 Å². The number of carbonyl (C=O) groups excluding carboxylic acids is 1. The highest BCUT2D eigenvalue weighted by atomic mass is 32.2. The first-order valence-electron chi connectivity index (χ1n) is 11.1. The Morgan fingerprint density at radius 3 is 2.52 bits per heavy atom. The number of nitrogens with zero attached hydrogens (tertiary/aromatic N) is 3. The van der Waals surface area contributed by atoms with E-state index < -0.39 is 16.1 Å². The maximum absolute atomic E-state index is 13.4. The van der Waals surface area contributed by atoms with Gasteiger partial charge in [-0.2, -0.15) is 9.29 Å². The fourth-order valence-corrected chi connectivity index (χ4v) is 5.54. The Hall–Kier alpha value is -3.04. The quantitative estimate of drug-likeness (QED) is 0.545. The summed E-state index contributed by atoms with van der Waals surface area (Å²) in [5.41, 5.74) is 2.51. The molecule has 1 fully saturated rings. The number of benzene rings is 2. The van der Waals surface area contributed by atoms with Crippen LogP contribution in [0, 0.1) is 12.8 Å². The van der Waals surface area contributed by atoms with Gasteiger partial charge in [0.05, 0.1) is 4.90 Å². The van der Waals surface area contributed by atoms with Crippen molar-refractivity contribution in [3.63, 3.8) is 0 Å². The van der Waals surface area contributed by atoms with Gasteiger partial charge in [-0.25, -0.2) is 8.42 Å². The fourth-order valence-electron chi connectivity index (χ4n) is 3.89. The van der Waals surface area contributed by atoms with Crippen molar-refractivity contribution in [1.29, 1.82) is 0 Å². The summed E-state index contributed by atoms with van der Waals surface area (Å²) in [6, 6.07) is 13.5. The minimum absolute atomic E-state index is 0.0963. The van der Waals surface area contributed by atoms with E-state index in [0.29, 0.717) is 43.2 Å². The summed E-state index contributed by atoms with van der Waals surface area (Å²) in [5.74, 6) is 0.883. The number of aromatic nitrogens is 2. The normalized spacial score (nSPS) is 16.9. The van der Waals surface area contributed by atoms with Gasteiger partial charge in [0, 0.05) is 24.2 Å². The minimum atomic E-state index is -3.77. The first kappa shape index (κ1) is 23.1. The van der Waals surface area contributed by atoms with Crippen LogP contribution in [-0.4, -0.2) is 35.3 Å². The number of amides is 1. The predicted octanol–water partition coefficient (Wildman–Crippen LogP) is 4.56. The van der Waals surface area contributed by atoms with Gasteiger partial charge in [0.1, 0.15) is 6.04 Å². The van der Waals surface area contributed by atoms with Crippen molar-refractivity contribution < 1.29 is 17.7 Å². The molecule has 0 aliphatic carbocycles. The zero-order valence-corrected chi connectivity index (χ0v) is 19.8. The van der Waals surface area contributed by atoms with Crippen LogP contribution in [0.4, 0.5) is 5.69 Å². The molecule has 8 nitrogen and oxygen atoms in total. The van der Waals surface area contributed by atoms with Crippen molar-refractivity contribution >= 4 is 21.6 Å². The highest BCUT2D eigenvalue weighted by Gasteiger charge is 2.39. The summed E-state index contributed by atoms with van der Waals surface area (Å²) in [6.45, 7) is 6.31. The average molecular weight is 469 g/mol. The summed E-state index contributed by atoms with van der Waals surface area (Å²) < 4.78 is 33.6. The van der Waals surface area contributed by atoms with Gasteiger partial charge < -0.3 is 9.84 Å². The molecule has 1 aliphatic rings. The van der Waals surface area contributed by atoms with Gasteiger partial charge in [0.2, 0.25) is 27.6 Å². The Labute approximate surface area is 194 Å². The fraction of sp³-hybridized carbons (Fsp3) is 0.375. The van der Waals surface area contributed by atoms with Crippen LogP contribution in [0.3, 0.4) is 0 Å². The van der Waals surface area contributed by atoms with Gasteiger partial charge in [0.25, 0.3) is 0 Å². The van der Waals surface area contributed by atoms with Crippen LogP contribution >= 0.6 is 0 Å². The van der Waals surface area contributed by atoms with E-state index in [-0.39, 0.29) is 16.7 Å². The predicted molar refractivity (Wildman–Crippen MR) is 125 cm³/mol. The third-order valence-corrected chi connectivity index (χ3v) is 7.50. The summed E-state index contributed by atoms with van der Waals surface area (Å²) >= 11 is 0. The van der Waals surface area contributed by atoms with Crippen LogP contribution in [-0.2, 0) is 14.8 Å². The van der Waals surface area contributed by atoms with E-state index in [2.05, 4.69) is 15.5 Å². The number of sulfonamides is 1. The number of carbonyl (C=O) groups is 1. The van der Waals surface area contributed by atoms with Crippen molar-refractivity contribution in [3.05, 3.63) is 60.0 Å². The summed E-state index contributed by atoms with van der Waals surface area (Å²) in [4.78, 5) is 16.6. The van der Waals surface area contributed by atoms with Crippen LogP contribution in [0.5, 0.6) is 0 Å². The molecule has 1 N–H and O–H groups in total. The lowest BCUT2D eigenvalue weighted by Crippen LogP contribution is -2.30. The van der Waals surface area contributed by atoms with Crippen LogP contribution < -0.4 is 5.32 Å². The second-order valence-electron chi connectivity index (χ2n) is 8.77. The van der Waals surface area contributed by atoms with E-state index >= 15 is 0 Å². The smallest absolute Gasteiger partial charge is 0.245 e. The second-order valence-corrected chi connectivity index (χ2v) is 10.7. The average Bonchev–Trinajstić information content (AvgIpc) is 3.44. The minimum Gasteiger partial charge on any atom is -0.337 e. The molecule has 3 aromatic rings. The van der Waals surface area contributed by atoms with E-state index in [0.717, 1.165) is 11.1 Å². The Morgan fingerprint density at radius 2 is 1.85 bits per heavy atom. The van der Waals surface area contributed by atoms with Crippen LogP contribution in [0.1, 0.15) is 50.6 Å². The SMILES string of the molecule is Cc1ccc(-c2noc(C3CCCN3S(=O)(=O)c3ccc(NC(=O)CC(C)C)cc3)n2)cc1. The van der Waals surface area contributed by atoms with E-state index in [4.69, 9.17) is 4.52 Å². The molecule has 1 amide bonds. The van der Waals surface area contributed by atoms with E-state index in [1.807, 2.05) is 45.0 Å². The van der Waals surface area contributed by atoms with Crippen molar-refractivity contribution in [3.8, 4) is 11.4 Å². The van der Waals surface area contributed by atoms with Gasteiger partial charge in [0.15, 0.2) is 0 Å². The maximum atomic E-state index is 13.4. The van der Waals surface area contributed by atoms with Crippen molar-refractivity contribution in [1.82, 2.24) is 14.4 Å². The molecule has 174 valence electrons. The molecule has 9 heteroatoms. The topological polar surface area (TPSA) is 105 Å². The van der Waals surface area contributed by atoms with E-state index in [1.165, 1.54) is 16.4 Å². The maximum Gasteiger partial charge on any atom is 0.245 e. The Kier molecular flexibility index (Phi) is 6.62. The highest BCUT2D eigenvalue weighted by molar-refractivity contribution is 7.89. The second kappa shape index (κ2) is 9.44. The highest BCUT2D eigenvalue weighted by Crippen LogP contribution is 2.36. The van der Waals surface area contributed by atoms with Gasteiger partial charge >= 0.3 is 0 Å². The zero-order chi connectivity index (χ0) is 23.6. The molecule has 0 saturated carbocycles. The van der Waals surface area contributed by atoms with Gasteiger partial charge in [-0.05, 0) is 49.9 Å². The Balaban J connectivity index is 1.52. The first-order valence-corrected chi connectivity index (χ1v) is 12.5. The number of hydrogen-bond donors (Lipinski definition) is 1. The molecule has 4 rings (SSSR count). The van der Waals surface area contributed by atoms with Crippen molar-refractivity contribution in [2.45, 2.75) is 51.0 Å². The van der Waals surface area contributed by atoms with E-state index in [1.54, 1.807) is 12.1 Å². The molecule has 1 unspecified atom stereocenters. The summed E-state index contributed by atoms with van der Waals surface area (Å²) in [6.07, 6.45) is 1.72. The molecule has 0 bridgehead atoms. The van der Waals surface area contributed by atoms with Gasteiger partial charge in [-0.1, -0.05) is 48.8 Å². The molecular formula is C24H28N4O4S.